The van der Waals surface area contributed by atoms with Crippen LogP contribution in [-0.2, 0) is 0 Å². The molecule has 7 nitrogen and oxygen atoms in total. The molecule has 2 aromatic heterocycles. The van der Waals surface area contributed by atoms with E-state index in [2.05, 4.69) is 25.1 Å². The second-order valence-corrected chi connectivity index (χ2v) is 6.19. The first-order chi connectivity index (χ1) is 13.8. The van der Waals surface area contributed by atoms with Gasteiger partial charge in [0.05, 0.1) is 16.7 Å². The number of anilines is 1. The van der Waals surface area contributed by atoms with Crippen LogP contribution in [0.2, 0.25) is 0 Å². The van der Waals surface area contributed by atoms with Gasteiger partial charge in [0, 0.05) is 11.6 Å². The van der Waals surface area contributed by atoms with Gasteiger partial charge in [-0.1, -0.05) is 12.1 Å². The summed E-state index contributed by atoms with van der Waals surface area (Å²) in [5, 5.41) is 7.04. The number of ether oxygens (including phenoxy) is 1. The Hall–Kier alpha value is -3.82. The van der Waals surface area contributed by atoms with E-state index in [-0.39, 0.29) is 5.56 Å². The predicted molar refractivity (Wildman–Crippen MR) is 99.0 cm³/mol. The number of amides is 1. The third-order valence-electron chi connectivity index (χ3n) is 4.00. The topological polar surface area (TPSA) is 84.8 Å². The van der Waals surface area contributed by atoms with Crippen LogP contribution in [0.3, 0.4) is 0 Å². The van der Waals surface area contributed by atoms with Crippen molar-refractivity contribution in [1.82, 2.24) is 19.7 Å². The van der Waals surface area contributed by atoms with Gasteiger partial charge in [-0.25, -0.2) is 4.98 Å². The van der Waals surface area contributed by atoms with Crippen molar-refractivity contribution in [3.8, 4) is 11.7 Å². The Morgan fingerprint density at radius 1 is 1.14 bits per heavy atom. The molecule has 0 radical (unpaired) electrons. The molecular weight excluding hydrogens is 387 g/mol. The number of rotatable bonds is 4. The number of nitrogens with zero attached hydrogens (tertiary/aromatic N) is 3. The van der Waals surface area contributed by atoms with E-state index in [9.17, 15) is 18.0 Å². The summed E-state index contributed by atoms with van der Waals surface area (Å²) in [5.41, 5.74) is 2.37. The maximum absolute atomic E-state index is 12.5. The molecule has 0 aliphatic heterocycles. The first-order valence-corrected chi connectivity index (χ1v) is 8.47. The number of aromatic amines is 1. The normalized spacial score (nSPS) is 11.6. The number of H-pyrrole nitrogens is 1. The van der Waals surface area contributed by atoms with Crippen molar-refractivity contribution in [3.63, 3.8) is 0 Å². The van der Waals surface area contributed by atoms with Crippen molar-refractivity contribution in [3.05, 3.63) is 65.9 Å². The summed E-state index contributed by atoms with van der Waals surface area (Å²) in [6, 6.07) is 13.7. The number of hydrogen-bond acceptors (Lipinski definition) is 4. The van der Waals surface area contributed by atoms with Crippen LogP contribution in [0.5, 0.6) is 5.75 Å². The van der Waals surface area contributed by atoms with Gasteiger partial charge in [-0.3, -0.25) is 4.79 Å². The van der Waals surface area contributed by atoms with Gasteiger partial charge in [0.15, 0.2) is 0 Å². The van der Waals surface area contributed by atoms with Gasteiger partial charge >= 0.3 is 6.36 Å². The number of aromatic nitrogens is 4. The molecule has 0 saturated heterocycles. The van der Waals surface area contributed by atoms with Crippen LogP contribution in [0.25, 0.3) is 17.0 Å². The molecule has 10 heteroatoms. The highest BCUT2D eigenvalue weighted by Gasteiger charge is 2.31. The summed E-state index contributed by atoms with van der Waals surface area (Å²) in [5.74, 6) is -0.135. The summed E-state index contributed by atoms with van der Waals surface area (Å²) < 4.78 is 42.0. The largest absolute Gasteiger partial charge is 0.573 e. The minimum atomic E-state index is -4.79. The lowest BCUT2D eigenvalue weighted by atomic mass is 10.2. The molecule has 0 aliphatic rings. The Morgan fingerprint density at radius 3 is 2.55 bits per heavy atom. The monoisotopic (exact) mass is 401 g/mol. The van der Waals surface area contributed by atoms with E-state index in [1.165, 1.54) is 16.8 Å². The molecule has 4 aromatic rings. The van der Waals surface area contributed by atoms with Crippen molar-refractivity contribution >= 4 is 22.8 Å². The number of imidazole rings is 1. The van der Waals surface area contributed by atoms with E-state index in [1.807, 2.05) is 24.3 Å². The smallest absolute Gasteiger partial charge is 0.406 e. The zero-order valence-electron chi connectivity index (χ0n) is 15.0. The molecule has 0 saturated carbocycles. The third-order valence-corrected chi connectivity index (χ3v) is 4.00. The number of alkyl halides is 3. The highest BCUT2D eigenvalue weighted by Crippen LogP contribution is 2.23. The average molecular weight is 401 g/mol. The molecule has 0 unspecified atom stereocenters. The van der Waals surface area contributed by atoms with Crippen LogP contribution >= 0.6 is 0 Å². The fraction of sp³-hybridized carbons (Fsp3) is 0.105. The molecular formula is C19H14F3N5O2. The summed E-state index contributed by atoms with van der Waals surface area (Å²) >= 11 is 0. The molecule has 1 amide bonds. The lowest BCUT2D eigenvalue weighted by molar-refractivity contribution is -0.274. The van der Waals surface area contributed by atoms with Gasteiger partial charge in [-0.2, -0.15) is 9.78 Å². The number of carbonyl (C=O) groups is 1. The Balaban J connectivity index is 1.57. The van der Waals surface area contributed by atoms with Crippen molar-refractivity contribution in [2.24, 2.45) is 0 Å². The highest BCUT2D eigenvalue weighted by molar-refractivity contribution is 6.04. The van der Waals surface area contributed by atoms with Gasteiger partial charge in [-0.05, 0) is 43.3 Å². The van der Waals surface area contributed by atoms with Gasteiger partial charge < -0.3 is 15.0 Å². The van der Waals surface area contributed by atoms with Crippen LogP contribution in [-0.4, -0.2) is 32.0 Å². The lowest BCUT2D eigenvalue weighted by Gasteiger charge is -2.10. The minimum Gasteiger partial charge on any atom is -0.406 e. The van der Waals surface area contributed by atoms with Crippen molar-refractivity contribution < 1.29 is 22.7 Å². The zero-order valence-corrected chi connectivity index (χ0v) is 15.0. The Kier molecular flexibility index (Phi) is 4.45. The molecule has 0 fully saturated rings. The number of halogens is 3. The second kappa shape index (κ2) is 6.97. The minimum absolute atomic E-state index is 0.162. The first-order valence-electron chi connectivity index (χ1n) is 8.47. The SMILES string of the molecule is Cc1cc(NC(=O)c2ccc(OC(F)(F)F)cc2)n(-c2nc3ccccc3[nH]2)n1. The van der Waals surface area contributed by atoms with Crippen LogP contribution in [0.1, 0.15) is 16.1 Å². The number of fused-ring (bicyclic) bond motifs is 1. The summed E-state index contributed by atoms with van der Waals surface area (Å²) in [6.07, 6.45) is -4.79. The summed E-state index contributed by atoms with van der Waals surface area (Å²) in [4.78, 5) is 20.1. The Bertz CT molecular complexity index is 1150. The molecule has 0 atom stereocenters. The van der Waals surface area contributed by atoms with Gasteiger partial charge in [-0.15, -0.1) is 13.2 Å². The summed E-state index contributed by atoms with van der Waals surface area (Å²) in [6.45, 7) is 1.76. The van der Waals surface area contributed by atoms with Crippen LogP contribution in [0.15, 0.2) is 54.6 Å². The number of aryl methyl sites for hydroxylation is 1. The van der Waals surface area contributed by atoms with E-state index in [4.69, 9.17) is 0 Å². The third kappa shape index (κ3) is 4.05. The van der Waals surface area contributed by atoms with Crippen LogP contribution in [0, 0.1) is 6.92 Å². The molecule has 148 valence electrons. The van der Waals surface area contributed by atoms with Gasteiger partial charge in [0.25, 0.3) is 5.91 Å². The molecule has 2 heterocycles. The molecule has 2 N–H and O–H groups in total. The molecule has 4 rings (SSSR count). The second-order valence-electron chi connectivity index (χ2n) is 6.19. The number of para-hydroxylation sites is 2. The quantitative estimate of drug-likeness (QED) is 0.537. The first kappa shape index (κ1) is 18.5. The average Bonchev–Trinajstić information content (AvgIpc) is 3.24. The molecule has 0 spiro atoms. The van der Waals surface area contributed by atoms with Crippen LogP contribution in [0.4, 0.5) is 19.0 Å². The van der Waals surface area contributed by atoms with E-state index >= 15 is 0 Å². The molecule has 0 aliphatic carbocycles. The maximum atomic E-state index is 12.5. The summed E-state index contributed by atoms with van der Waals surface area (Å²) in [7, 11) is 0. The zero-order chi connectivity index (χ0) is 20.6. The maximum Gasteiger partial charge on any atom is 0.573 e. The predicted octanol–water partition coefficient (Wildman–Crippen LogP) is 4.21. The molecule has 29 heavy (non-hydrogen) atoms. The van der Waals surface area contributed by atoms with Crippen molar-refractivity contribution in [1.29, 1.82) is 0 Å². The van der Waals surface area contributed by atoms with Crippen molar-refractivity contribution in [2.45, 2.75) is 13.3 Å². The number of carbonyl (C=O) groups excluding carboxylic acids is 1. The Morgan fingerprint density at radius 2 is 1.86 bits per heavy atom. The van der Waals surface area contributed by atoms with Gasteiger partial charge in [0.1, 0.15) is 11.6 Å². The van der Waals surface area contributed by atoms with E-state index < -0.39 is 18.0 Å². The number of nitrogens with one attached hydrogen (secondary N) is 2. The number of benzene rings is 2. The highest BCUT2D eigenvalue weighted by atomic mass is 19.4. The van der Waals surface area contributed by atoms with Crippen LogP contribution < -0.4 is 10.1 Å². The van der Waals surface area contributed by atoms with E-state index in [0.29, 0.717) is 17.5 Å². The number of hydrogen-bond donors (Lipinski definition) is 2. The van der Waals surface area contributed by atoms with Crippen molar-refractivity contribution in [2.75, 3.05) is 5.32 Å². The van der Waals surface area contributed by atoms with E-state index in [1.54, 1.807) is 13.0 Å². The fourth-order valence-electron chi connectivity index (χ4n) is 2.79. The Labute approximate surface area is 162 Å². The van der Waals surface area contributed by atoms with E-state index in [0.717, 1.165) is 23.2 Å². The molecule has 0 bridgehead atoms. The standard InChI is InChI=1S/C19H14F3N5O2/c1-11-10-16(27(26-11)18-23-14-4-2-3-5-15(14)24-18)25-17(28)12-6-8-13(9-7-12)29-19(20,21)22/h2-10H,1H3,(H,23,24)(H,25,28). The lowest BCUT2D eigenvalue weighted by Crippen LogP contribution is -2.18. The molecule has 2 aromatic carbocycles. The fourth-order valence-corrected chi connectivity index (χ4v) is 2.79. The van der Waals surface area contributed by atoms with Gasteiger partial charge in [0.2, 0.25) is 5.95 Å².